The molecule has 0 aliphatic heterocycles. The first-order valence-corrected chi connectivity index (χ1v) is 10.3. The van der Waals surface area contributed by atoms with Crippen LogP contribution in [0, 0.1) is 13.8 Å². The van der Waals surface area contributed by atoms with Crippen LogP contribution >= 0.6 is 0 Å². The summed E-state index contributed by atoms with van der Waals surface area (Å²) in [6.45, 7) is 3.31. The lowest BCUT2D eigenvalue weighted by Crippen LogP contribution is -2.19. The normalized spacial score (nSPS) is 11.2. The minimum atomic E-state index is -3.92. The number of rotatable bonds is 6. The molecule has 0 bridgehead atoms. The largest absolute Gasteiger partial charge is 0.497 e. The van der Waals surface area contributed by atoms with Crippen molar-refractivity contribution in [1.82, 2.24) is 9.78 Å². The molecule has 1 heterocycles. The number of hydrogen-bond donors (Lipinski definition) is 2. The first kappa shape index (κ1) is 20.4. The maximum Gasteiger partial charge on any atom is 0.265 e. The van der Waals surface area contributed by atoms with Crippen LogP contribution in [0.1, 0.15) is 21.7 Å². The molecule has 2 aromatic carbocycles. The van der Waals surface area contributed by atoms with Gasteiger partial charge in [-0.1, -0.05) is 12.1 Å². The average Bonchev–Trinajstić information content (AvgIpc) is 2.94. The predicted octanol–water partition coefficient (Wildman–Crippen LogP) is 3.10. The predicted molar refractivity (Wildman–Crippen MR) is 111 cm³/mol. The Morgan fingerprint density at radius 3 is 2.31 bits per heavy atom. The molecule has 29 heavy (non-hydrogen) atoms. The first-order valence-electron chi connectivity index (χ1n) is 8.80. The highest BCUT2D eigenvalue weighted by atomic mass is 32.2. The van der Waals surface area contributed by atoms with Gasteiger partial charge in [0.05, 0.1) is 29.7 Å². The minimum Gasteiger partial charge on any atom is -0.497 e. The summed E-state index contributed by atoms with van der Waals surface area (Å²) in [5.74, 6) is 0.228. The van der Waals surface area contributed by atoms with E-state index < -0.39 is 15.9 Å². The smallest absolute Gasteiger partial charge is 0.265 e. The number of aryl methyl sites for hydroxylation is 2. The topological polar surface area (TPSA) is 102 Å². The quantitative estimate of drug-likeness (QED) is 0.645. The van der Waals surface area contributed by atoms with Crippen molar-refractivity contribution in [2.45, 2.75) is 18.7 Å². The Bertz CT molecular complexity index is 1150. The number of amides is 1. The number of anilines is 2. The SMILES string of the molecule is COc1ccc(NC(=O)c2ccccc2NS(=O)(=O)c2c(C)nn(C)c2C)cc1. The number of para-hydroxylation sites is 1. The summed E-state index contributed by atoms with van der Waals surface area (Å²) in [7, 11) is -0.686. The third kappa shape index (κ3) is 4.24. The molecule has 1 amide bonds. The molecule has 0 radical (unpaired) electrons. The fraction of sp³-hybridized carbons (Fsp3) is 0.200. The molecule has 0 fully saturated rings. The highest BCUT2D eigenvalue weighted by Crippen LogP contribution is 2.25. The van der Waals surface area contributed by atoms with Crippen LogP contribution in [0.5, 0.6) is 5.75 Å². The Kier molecular flexibility index (Phi) is 5.60. The van der Waals surface area contributed by atoms with E-state index in [9.17, 15) is 13.2 Å². The van der Waals surface area contributed by atoms with E-state index in [0.29, 0.717) is 22.8 Å². The van der Waals surface area contributed by atoms with Gasteiger partial charge in [0.2, 0.25) is 0 Å². The summed E-state index contributed by atoms with van der Waals surface area (Å²) in [4.78, 5) is 12.9. The van der Waals surface area contributed by atoms with Crippen molar-refractivity contribution >= 4 is 27.3 Å². The van der Waals surface area contributed by atoms with Crippen LogP contribution in [0.2, 0.25) is 0 Å². The van der Waals surface area contributed by atoms with Crippen LogP contribution in [-0.2, 0) is 17.1 Å². The van der Waals surface area contributed by atoms with Crippen molar-refractivity contribution in [2.75, 3.05) is 17.1 Å². The van der Waals surface area contributed by atoms with Gasteiger partial charge in [-0.2, -0.15) is 5.10 Å². The second-order valence-electron chi connectivity index (χ2n) is 6.46. The second kappa shape index (κ2) is 7.96. The number of nitrogens with zero attached hydrogens (tertiary/aromatic N) is 2. The van der Waals surface area contributed by atoms with E-state index in [1.54, 1.807) is 76.5 Å². The third-order valence-electron chi connectivity index (χ3n) is 4.48. The average molecular weight is 414 g/mol. The van der Waals surface area contributed by atoms with Gasteiger partial charge in [-0.25, -0.2) is 8.42 Å². The number of ether oxygens (including phenoxy) is 1. The minimum absolute atomic E-state index is 0.102. The van der Waals surface area contributed by atoms with Crippen LogP contribution in [0.15, 0.2) is 53.4 Å². The van der Waals surface area contributed by atoms with Crippen LogP contribution < -0.4 is 14.8 Å². The van der Waals surface area contributed by atoms with Crippen LogP contribution in [0.3, 0.4) is 0 Å². The molecule has 0 saturated heterocycles. The summed E-state index contributed by atoms with van der Waals surface area (Å²) in [5, 5.41) is 6.91. The first-order chi connectivity index (χ1) is 13.7. The fourth-order valence-corrected chi connectivity index (χ4v) is 4.50. The standard InChI is InChI=1S/C20H22N4O4S/c1-13-19(14(2)24(3)22-13)29(26,27)23-18-8-6-5-7-17(18)20(25)21-15-9-11-16(28-4)12-10-15/h5-12,23H,1-4H3,(H,21,25). The van der Waals surface area contributed by atoms with Gasteiger partial charge in [0.25, 0.3) is 15.9 Å². The molecule has 152 valence electrons. The number of aromatic nitrogens is 2. The van der Waals surface area contributed by atoms with Gasteiger partial charge >= 0.3 is 0 Å². The van der Waals surface area contributed by atoms with Crippen LogP contribution in [0.25, 0.3) is 0 Å². The van der Waals surface area contributed by atoms with Crippen molar-refractivity contribution in [2.24, 2.45) is 7.05 Å². The highest BCUT2D eigenvalue weighted by molar-refractivity contribution is 7.92. The Morgan fingerprint density at radius 2 is 1.72 bits per heavy atom. The van der Waals surface area contributed by atoms with Gasteiger partial charge in [0, 0.05) is 12.7 Å². The summed E-state index contributed by atoms with van der Waals surface area (Å²) >= 11 is 0. The summed E-state index contributed by atoms with van der Waals surface area (Å²) in [6, 6.07) is 13.3. The van der Waals surface area contributed by atoms with Crippen LogP contribution in [0.4, 0.5) is 11.4 Å². The maximum absolute atomic E-state index is 13.0. The molecule has 3 rings (SSSR count). The van der Waals surface area contributed by atoms with Crippen LogP contribution in [-0.4, -0.2) is 31.2 Å². The summed E-state index contributed by atoms with van der Waals surface area (Å²) in [6.07, 6.45) is 0. The van der Waals surface area contributed by atoms with E-state index in [2.05, 4.69) is 15.1 Å². The summed E-state index contributed by atoms with van der Waals surface area (Å²) in [5.41, 5.74) is 1.84. The molecule has 0 saturated carbocycles. The molecule has 0 aliphatic rings. The molecule has 8 nitrogen and oxygen atoms in total. The number of benzene rings is 2. The van der Waals surface area contributed by atoms with E-state index in [4.69, 9.17) is 4.74 Å². The van der Waals surface area contributed by atoms with Crippen molar-refractivity contribution in [3.05, 3.63) is 65.5 Å². The molecule has 3 aromatic rings. The Balaban J connectivity index is 1.89. The molecule has 0 unspecified atom stereocenters. The van der Waals surface area contributed by atoms with E-state index in [1.165, 1.54) is 4.68 Å². The number of sulfonamides is 1. The number of nitrogens with one attached hydrogen (secondary N) is 2. The molecule has 9 heteroatoms. The number of carbonyl (C=O) groups excluding carboxylic acids is 1. The highest BCUT2D eigenvalue weighted by Gasteiger charge is 2.25. The van der Waals surface area contributed by atoms with Crippen molar-refractivity contribution in [3.8, 4) is 5.75 Å². The molecule has 0 spiro atoms. The zero-order valence-corrected chi connectivity index (χ0v) is 17.4. The van der Waals surface area contributed by atoms with Gasteiger partial charge in [0.1, 0.15) is 10.6 Å². The van der Waals surface area contributed by atoms with E-state index in [0.717, 1.165) is 0 Å². The maximum atomic E-state index is 13.0. The number of methoxy groups -OCH3 is 1. The number of carbonyl (C=O) groups is 1. The van der Waals surface area contributed by atoms with Gasteiger partial charge in [0.15, 0.2) is 0 Å². The molecule has 1 aromatic heterocycles. The van der Waals surface area contributed by atoms with Gasteiger partial charge in [-0.3, -0.25) is 14.2 Å². The van der Waals surface area contributed by atoms with Crippen molar-refractivity contribution in [3.63, 3.8) is 0 Å². The molecule has 0 atom stereocenters. The third-order valence-corrected chi connectivity index (χ3v) is 6.09. The second-order valence-corrected chi connectivity index (χ2v) is 8.08. The van der Waals surface area contributed by atoms with Crippen molar-refractivity contribution in [1.29, 1.82) is 0 Å². The zero-order chi connectivity index (χ0) is 21.2. The molecular weight excluding hydrogens is 392 g/mol. The Labute approximate surface area is 169 Å². The zero-order valence-electron chi connectivity index (χ0n) is 16.6. The fourth-order valence-electron chi connectivity index (χ4n) is 2.98. The Morgan fingerprint density at radius 1 is 1.07 bits per heavy atom. The number of hydrogen-bond acceptors (Lipinski definition) is 5. The monoisotopic (exact) mass is 414 g/mol. The Hall–Kier alpha value is -3.33. The molecule has 2 N–H and O–H groups in total. The van der Waals surface area contributed by atoms with Crippen molar-refractivity contribution < 1.29 is 17.9 Å². The lowest BCUT2D eigenvalue weighted by atomic mass is 10.1. The van der Waals surface area contributed by atoms with E-state index in [-0.39, 0.29) is 16.1 Å². The van der Waals surface area contributed by atoms with Gasteiger partial charge < -0.3 is 10.1 Å². The summed E-state index contributed by atoms with van der Waals surface area (Å²) < 4.78 is 35.0. The van der Waals surface area contributed by atoms with Gasteiger partial charge in [-0.05, 0) is 50.2 Å². The lowest BCUT2D eigenvalue weighted by molar-refractivity contribution is 0.102. The van der Waals surface area contributed by atoms with Gasteiger partial charge in [-0.15, -0.1) is 0 Å². The van der Waals surface area contributed by atoms with E-state index >= 15 is 0 Å². The molecule has 0 aliphatic carbocycles. The lowest BCUT2D eigenvalue weighted by Gasteiger charge is -2.13. The molecular formula is C20H22N4O4S. The van der Waals surface area contributed by atoms with E-state index in [1.807, 2.05) is 0 Å².